The van der Waals surface area contributed by atoms with E-state index in [0.29, 0.717) is 13.1 Å². The van der Waals surface area contributed by atoms with Crippen LogP contribution in [0.3, 0.4) is 0 Å². The summed E-state index contributed by atoms with van der Waals surface area (Å²) in [4.78, 5) is 13.0. The Labute approximate surface area is 72.6 Å². The van der Waals surface area contributed by atoms with Crippen molar-refractivity contribution in [2.45, 2.75) is 18.9 Å². The van der Waals surface area contributed by atoms with E-state index in [1.54, 1.807) is 11.9 Å². The van der Waals surface area contributed by atoms with Gasteiger partial charge in [-0.3, -0.25) is 4.79 Å². The fourth-order valence-corrected chi connectivity index (χ4v) is 1.44. The third-order valence-electron chi connectivity index (χ3n) is 2.08. The topological polar surface area (TPSA) is 52.6 Å². The number of hydrogen-bond donors (Lipinski definition) is 2. The number of carbonyl (C=O) groups is 1. The molecule has 0 bridgehead atoms. The van der Waals surface area contributed by atoms with Crippen molar-refractivity contribution in [2.24, 2.45) is 0 Å². The van der Waals surface area contributed by atoms with Crippen LogP contribution < -0.4 is 5.32 Å². The Morgan fingerprint density at radius 3 is 3.08 bits per heavy atom. The summed E-state index contributed by atoms with van der Waals surface area (Å²) in [6.45, 7) is 1.66. The monoisotopic (exact) mass is 172 g/mol. The first kappa shape index (κ1) is 9.48. The highest BCUT2D eigenvalue weighted by atomic mass is 16.3. The summed E-state index contributed by atoms with van der Waals surface area (Å²) in [6, 6.07) is 0. The number of nitrogens with zero attached hydrogens (tertiary/aromatic N) is 1. The summed E-state index contributed by atoms with van der Waals surface area (Å²) in [7, 11) is 1.75. The lowest BCUT2D eigenvalue weighted by Crippen LogP contribution is -2.45. The van der Waals surface area contributed by atoms with E-state index < -0.39 is 0 Å². The van der Waals surface area contributed by atoms with Crippen LogP contribution in [0.1, 0.15) is 12.8 Å². The number of piperidine rings is 1. The molecule has 1 saturated heterocycles. The molecule has 1 aliphatic rings. The number of carbonyl (C=O) groups excluding carboxylic acids is 1. The molecule has 1 heterocycles. The molecule has 0 unspecified atom stereocenters. The van der Waals surface area contributed by atoms with Crippen LogP contribution in [0.5, 0.6) is 0 Å². The number of likely N-dealkylation sites (N-methyl/N-ethyl adjacent to an activating group) is 1. The van der Waals surface area contributed by atoms with Gasteiger partial charge in [-0.25, -0.2) is 0 Å². The second-order valence-electron chi connectivity index (χ2n) is 3.17. The van der Waals surface area contributed by atoms with Crippen LogP contribution in [-0.4, -0.2) is 48.7 Å². The van der Waals surface area contributed by atoms with Crippen molar-refractivity contribution in [1.29, 1.82) is 0 Å². The molecule has 0 aliphatic carbocycles. The van der Waals surface area contributed by atoms with E-state index in [0.717, 1.165) is 19.4 Å². The molecule has 0 aromatic rings. The number of amides is 1. The van der Waals surface area contributed by atoms with Crippen molar-refractivity contribution in [3.63, 3.8) is 0 Å². The molecular formula is C8H16N2O2. The lowest BCUT2D eigenvalue weighted by atomic mass is 10.1. The van der Waals surface area contributed by atoms with Crippen molar-refractivity contribution < 1.29 is 9.90 Å². The fourth-order valence-electron chi connectivity index (χ4n) is 1.44. The first-order valence-corrected chi connectivity index (χ1v) is 4.34. The average Bonchev–Trinajstić information content (AvgIpc) is 2.05. The lowest BCUT2D eigenvalue weighted by Gasteiger charge is -2.30. The third-order valence-corrected chi connectivity index (χ3v) is 2.08. The highest BCUT2D eigenvalue weighted by molar-refractivity contribution is 5.78. The Kier molecular flexibility index (Phi) is 3.49. The predicted octanol–water partition coefficient (Wildman–Crippen LogP) is -0.811. The van der Waals surface area contributed by atoms with Gasteiger partial charge in [-0.05, 0) is 19.9 Å². The zero-order chi connectivity index (χ0) is 8.97. The van der Waals surface area contributed by atoms with Crippen molar-refractivity contribution in [3.05, 3.63) is 0 Å². The minimum atomic E-state index is -0.320. The molecule has 1 atom stereocenters. The quantitative estimate of drug-likeness (QED) is 0.573. The van der Waals surface area contributed by atoms with E-state index in [-0.39, 0.29) is 12.0 Å². The summed E-state index contributed by atoms with van der Waals surface area (Å²) in [6.07, 6.45) is 1.42. The summed E-state index contributed by atoms with van der Waals surface area (Å²) >= 11 is 0. The molecule has 0 spiro atoms. The van der Waals surface area contributed by atoms with Gasteiger partial charge in [0.25, 0.3) is 0 Å². The van der Waals surface area contributed by atoms with Crippen LogP contribution in [0.25, 0.3) is 0 Å². The molecule has 0 aromatic carbocycles. The van der Waals surface area contributed by atoms with Crippen molar-refractivity contribution in [2.75, 3.05) is 26.7 Å². The summed E-state index contributed by atoms with van der Waals surface area (Å²) in [5, 5.41) is 12.1. The SMILES string of the molecule is CNCC(=O)N1CCC[C@H](O)C1. The van der Waals surface area contributed by atoms with E-state index in [4.69, 9.17) is 0 Å². The number of likely N-dealkylation sites (tertiary alicyclic amines) is 1. The molecule has 70 valence electrons. The number of β-amino-alcohol motifs (C(OH)–C–C–N with tert-alkyl or cyclic N) is 1. The molecule has 1 fully saturated rings. The first-order valence-electron chi connectivity index (χ1n) is 4.34. The summed E-state index contributed by atoms with van der Waals surface area (Å²) < 4.78 is 0. The molecule has 4 heteroatoms. The minimum absolute atomic E-state index is 0.0799. The largest absolute Gasteiger partial charge is 0.391 e. The second-order valence-corrected chi connectivity index (χ2v) is 3.17. The maximum atomic E-state index is 11.3. The van der Waals surface area contributed by atoms with Gasteiger partial charge < -0.3 is 15.3 Å². The number of aliphatic hydroxyl groups excluding tert-OH is 1. The molecule has 4 nitrogen and oxygen atoms in total. The maximum Gasteiger partial charge on any atom is 0.236 e. The Balaban J connectivity index is 2.35. The van der Waals surface area contributed by atoms with E-state index in [1.165, 1.54) is 0 Å². The lowest BCUT2D eigenvalue weighted by molar-refractivity contribution is -0.133. The van der Waals surface area contributed by atoms with Crippen LogP contribution in [0, 0.1) is 0 Å². The normalized spacial score (nSPS) is 24.2. The van der Waals surface area contributed by atoms with Gasteiger partial charge in [-0.1, -0.05) is 0 Å². The second kappa shape index (κ2) is 4.42. The van der Waals surface area contributed by atoms with Crippen molar-refractivity contribution in [1.82, 2.24) is 10.2 Å². The number of hydrogen-bond acceptors (Lipinski definition) is 3. The minimum Gasteiger partial charge on any atom is -0.391 e. The molecule has 1 amide bonds. The Morgan fingerprint density at radius 2 is 2.50 bits per heavy atom. The zero-order valence-electron chi connectivity index (χ0n) is 7.42. The van der Waals surface area contributed by atoms with E-state index in [9.17, 15) is 9.90 Å². The fraction of sp³-hybridized carbons (Fsp3) is 0.875. The van der Waals surface area contributed by atoms with Gasteiger partial charge in [0.15, 0.2) is 0 Å². The van der Waals surface area contributed by atoms with Gasteiger partial charge in [0, 0.05) is 13.1 Å². The molecule has 0 aromatic heterocycles. The highest BCUT2D eigenvalue weighted by Gasteiger charge is 2.20. The Bertz CT molecular complexity index is 161. The highest BCUT2D eigenvalue weighted by Crippen LogP contribution is 2.09. The van der Waals surface area contributed by atoms with Gasteiger partial charge in [0.05, 0.1) is 12.6 Å². The maximum absolute atomic E-state index is 11.3. The molecule has 1 aliphatic heterocycles. The number of nitrogens with one attached hydrogen (secondary N) is 1. The van der Waals surface area contributed by atoms with Crippen LogP contribution in [0.4, 0.5) is 0 Å². The Hall–Kier alpha value is -0.610. The molecule has 0 radical (unpaired) electrons. The zero-order valence-corrected chi connectivity index (χ0v) is 7.42. The predicted molar refractivity (Wildman–Crippen MR) is 45.7 cm³/mol. The van der Waals surface area contributed by atoms with Crippen LogP contribution in [-0.2, 0) is 4.79 Å². The van der Waals surface area contributed by atoms with Gasteiger partial charge in [0.2, 0.25) is 5.91 Å². The Morgan fingerprint density at radius 1 is 1.75 bits per heavy atom. The molecule has 1 rings (SSSR count). The van der Waals surface area contributed by atoms with Crippen molar-refractivity contribution in [3.8, 4) is 0 Å². The summed E-state index contributed by atoms with van der Waals surface area (Å²) in [5.41, 5.74) is 0. The third kappa shape index (κ3) is 2.46. The van der Waals surface area contributed by atoms with Crippen molar-refractivity contribution >= 4 is 5.91 Å². The molecule has 2 N–H and O–H groups in total. The molecule has 12 heavy (non-hydrogen) atoms. The van der Waals surface area contributed by atoms with Gasteiger partial charge in [-0.2, -0.15) is 0 Å². The standard InChI is InChI=1S/C8H16N2O2/c1-9-5-8(12)10-4-2-3-7(11)6-10/h7,9,11H,2-6H2,1H3/t7-/m0/s1. The van der Waals surface area contributed by atoms with E-state index >= 15 is 0 Å². The van der Waals surface area contributed by atoms with Crippen LogP contribution in [0.2, 0.25) is 0 Å². The molecule has 0 saturated carbocycles. The van der Waals surface area contributed by atoms with Gasteiger partial charge in [-0.15, -0.1) is 0 Å². The summed E-state index contributed by atoms with van der Waals surface area (Å²) in [5.74, 6) is 0.0799. The first-order chi connectivity index (χ1) is 5.74. The van der Waals surface area contributed by atoms with E-state index in [2.05, 4.69) is 5.32 Å². The number of rotatable bonds is 2. The van der Waals surface area contributed by atoms with Crippen LogP contribution >= 0.6 is 0 Å². The number of aliphatic hydroxyl groups is 1. The smallest absolute Gasteiger partial charge is 0.236 e. The average molecular weight is 172 g/mol. The van der Waals surface area contributed by atoms with Gasteiger partial charge >= 0.3 is 0 Å². The van der Waals surface area contributed by atoms with Crippen LogP contribution in [0.15, 0.2) is 0 Å². The van der Waals surface area contributed by atoms with E-state index in [1.807, 2.05) is 0 Å². The van der Waals surface area contributed by atoms with Gasteiger partial charge in [0.1, 0.15) is 0 Å². The molecular weight excluding hydrogens is 156 g/mol.